The van der Waals surface area contributed by atoms with Gasteiger partial charge in [0.2, 0.25) is 11.8 Å². The lowest BCUT2D eigenvalue weighted by atomic mass is 10.0. The molecule has 1 aromatic heterocycles. The summed E-state index contributed by atoms with van der Waals surface area (Å²) in [5, 5.41) is 13.8. The monoisotopic (exact) mass is 491 g/mol. The highest BCUT2D eigenvalue weighted by Gasteiger charge is 2.26. The summed E-state index contributed by atoms with van der Waals surface area (Å²) in [4.78, 5) is 41.5. The predicted molar refractivity (Wildman–Crippen MR) is 142 cm³/mol. The number of rotatable bonds is 11. The van der Waals surface area contributed by atoms with Crippen LogP contribution in [0.1, 0.15) is 68.1 Å². The molecule has 7 heteroatoms. The largest absolute Gasteiger partial charge is 0.508 e. The predicted octanol–water partition coefficient (Wildman–Crippen LogP) is 4.82. The number of phenols is 1. The Bertz CT molecular complexity index is 1210. The van der Waals surface area contributed by atoms with Crippen LogP contribution in [0.2, 0.25) is 0 Å². The number of hydrogen-bond acceptors (Lipinski definition) is 4. The van der Waals surface area contributed by atoms with E-state index in [1.54, 1.807) is 52.8 Å². The Morgan fingerprint density at radius 3 is 2.33 bits per heavy atom. The van der Waals surface area contributed by atoms with Crippen LogP contribution < -0.4 is 5.32 Å². The van der Waals surface area contributed by atoms with Crippen LogP contribution in [-0.2, 0) is 16.0 Å². The zero-order chi connectivity index (χ0) is 26.2. The number of amides is 2. The van der Waals surface area contributed by atoms with Crippen LogP contribution in [0.5, 0.6) is 5.75 Å². The van der Waals surface area contributed by atoms with Crippen molar-refractivity contribution < 1.29 is 19.5 Å². The van der Waals surface area contributed by atoms with E-state index in [2.05, 4.69) is 12.2 Å². The fourth-order valence-corrected chi connectivity index (χ4v) is 4.68. The standard InChI is InChI=1S/C29H37N3O4/c1-5-8-10-15-25(29(36)31(6-2)7-3)30-27(34)19-23-20(4)32(26-17-16-22(33)18-24(23)26)28(35)21-13-11-9-12-14-21/h9,11-14,16-18,25,33H,5-8,10,15,19H2,1-4H3,(H,30,34). The Morgan fingerprint density at radius 1 is 1.00 bits per heavy atom. The molecular formula is C29H37N3O4. The van der Waals surface area contributed by atoms with Gasteiger partial charge in [0.1, 0.15) is 11.8 Å². The molecule has 7 nitrogen and oxygen atoms in total. The molecule has 2 N–H and O–H groups in total. The summed E-state index contributed by atoms with van der Waals surface area (Å²) in [6, 6.07) is 13.2. The summed E-state index contributed by atoms with van der Waals surface area (Å²) in [5.74, 6) is -0.498. The Labute approximate surface area is 213 Å². The quantitative estimate of drug-likeness (QED) is 0.376. The Balaban J connectivity index is 1.93. The molecule has 0 saturated carbocycles. The van der Waals surface area contributed by atoms with E-state index in [9.17, 15) is 19.5 Å². The number of hydrogen-bond donors (Lipinski definition) is 2. The minimum absolute atomic E-state index is 0.00331. The van der Waals surface area contributed by atoms with Crippen molar-refractivity contribution in [2.45, 2.75) is 65.8 Å². The number of aromatic hydroxyl groups is 1. The van der Waals surface area contributed by atoms with E-state index < -0.39 is 6.04 Å². The number of likely N-dealkylation sites (N-methyl/N-ethyl adjacent to an activating group) is 1. The topological polar surface area (TPSA) is 91.6 Å². The lowest BCUT2D eigenvalue weighted by Gasteiger charge is -2.26. The molecule has 0 aliphatic rings. The van der Waals surface area contributed by atoms with E-state index in [-0.39, 0.29) is 29.9 Å². The van der Waals surface area contributed by atoms with Crippen LogP contribution in [0.4, 0.5) is 0 Å². The van der Waals surface area contributed by atoms with E-state index in [1.165, 1.54) is 6.07 Å². The fraction of sp³-hybridized carbons (Fsp3) is 0.414. The number of nitrogens with zero attached hydrogens (tertiary/aromatic N) is 2. The minimum Gasteiger partial charge on any atom is -0.508 e. The van der Waals surface area contributed by atoms with Crippen LogP contribution in [-0.4, -0.2) is 51.4 Å². The van der Waals surface area contributed by atoms with Gasteiger partial charge in [0, 0.05) is 29.7 Å². The normalized spacial score (nSPS) is 11.9. The second kappa shape index (κ2) is 12.4. The summed E-state index contributed by atoms with van der Waals surface area (Å²) < 4.78 is 1.59. The third-order valence-electron chi connectivity index (χ3n) is 6.68. The fourth-order valence-electron chi connectivity index (χ4n) is 4.68. The van der Waals surface area contributed by atoms with Gasteiger partial charge in [-0.1, -0.05) is 44.4 Å². The molecule has 3 rings (SSSR count). The first-order valence-electron chi connectivity index (χ1n) is 12.8. The molecule has 1 heterocycles. The molecule has 0 bridgehead atoms. The lowest BCUT2D eigenvalue weighted by Crippen LogP contribution is -2.49. The molecule has 0 radical (unpaired) electrons. The van der Waals surface area contributed by atoms with Gasteiger partial charge in [0.25, 0.3) is 5.91 Å². The van der Waals surface area contributed by atoms with E-state index in [0.717, 1.165) is 19.3 Å². The summed E-state index contributed by atoms with van der Waals surface area (Å²) in [7, 11) is 0. The number of carbonyl (C=O) groups excluding carboxylic acids is 3. The van der Waals surface area contributed by atoms with Gasteiger partial charge in [-0.15, -0.1) is 0 Å². The first kappa shape index (κ1) is 27.0. The second-order valence-corrected chi connectivity index (χ2v) is 9.08. The van der Waals surface area contributed by atoms with Crippen molar-refractivity contribution in [1.29, 1.82) is 0 Å². The zero-order valence-electron chi connectivity index (χ0n) is 21.7. The lowest BCUT2D eigenvalue weighted by molar-refractivity contribution is -0.136. The average molecular weight is 492 g/mol. The Hall–Kier alpha value is -3.61. The molecule has 2 aromatic carbocycles. The first-order chi connectivity index (χ1) is 17.3. The van der Waals surface area contributed by atoms with Crippen molar-refractivity contribution in [3.8, 4) is 5.75 Å². The molecule has 2 amide bonds. The molecule has 0 aliphatic carbocycles. The zero-order valence-corrected chi connectivity index (χ0v) is 21.7. The van der Waals surface area contributed by atoms with Gasteiger partial charge in [-0.25, -0.2) is 0 Å². The highest BCUT2D eigenvalue weighted by Crippen LogP contribution is 2.30. The van der Waals surface area contributed by atoms with Gasteiger partial charge in [0.05, 0.1) is 11.9 Å². The molecule has 0 spiro atoms. The number of aromatic nitrogens is 1. The molecule has 3 aromatic rings. The molecule has 0 saturated heterocycles. The highest BCUT2D eigenvalue weighted by molar-refractivity contribution is 6.05. The maximum atomic E-state index is 13.4. The number of phenolic OH excluding ortho intramolecular Hbond substituents is 1. The summed E-state index contributed by atoms with van der Waals surface area (Å²) in [6.07, 6.45) is 3.45. The van der Waals surface area contributed by atoms with Crippen LogP contribution in [0, 0.1) is 6.92 Å². The van der Waals surface area contributed by atoms with Crippen molar-refractivity contribution in [2.24, 2.45) is 0 Å². The summed E-state index contributed by atoms with van der Waals surface area (Å²) in [6.45, 7) is 8.94. The number of fused-ring (bicyclic) bond motifs is 1. The number of unbranched alkanes of at least 4 members (excludes halogenated alkanes) is 2. The van der Waals surface area contributed by atoms with Crippen molar-refractivity contribution in [3.63, 3.8) is 0 Å². The number of benzene rings is 2. The van der Waals surface area contributed by atoms with Crippen molar-refractivity contribution >= 4 is 28.6 Å². The highest BCUT2D eigenvalue weighted by atomic mass is 16.3. The smallest absolute Gasteiger partial charge is 0.262 e. The van der Waals surface area contributed by atoms with E-state index in [1.807, 2.05) is 19.9 Å². The molecular weight excluding hydrogens is 454 g/mol. The SMILES string of the molecule is CCCCCC(NC(=O)Cc1c(C)n(C(=O)c2ccccc2)c2ccc(O)cc12)C(=O)N(CC)CC. The number of nitrogens with one attached hydrogen (secondary N) is 1. The molecule has 36 heavy (non-hydrogen) atoms. The minimum atomic E-state index is -0.586. The third-order valence-corrected chi connectivity index (χ3v) is 6.68. The average Bonchev–Trinajstić information content (AvgIpc) is 3.14. The van der Waals surface area contributed by atoms with Crippen LogP contribution in [0.25, 0.3) is 10.9 Å². The molecule has 1 unspecified atom stereocenters. The molecule has 0 aliphatic heterocycles. The Morgan fingerprint density at radius 2 is 1.69 bits per heavy atom. The van der Waals surface area contributed by atoms with Crippen molar-refractivity contribution in [1.82, 2.24) is 14.8 Å². The van der Waals surface area contributed by atoms with E-state index in [0.29, 0.717) is 47.2 Å². The van der Waals surface area contributed by atoms with Crippen molar-refractivity contribution in [3.05, 3.63) is 65.4 Å². The third kappa shape index (κ3) is 5.96. The first-order valence-corrected chi connectivity index (χ1v) is 12.8. The van der Waals surface area contributed by atoms with Gasteiger partial charge in [-0.3, -0.25) is 19.0 Å². The van der Waals surface area contributed by atoms with Crippen LogP contribution in [0.3, 0.4) is 0 Å². The van der Waals surface area contributed by atoms with Gasteiger partial charge >= 0.3 is 0 Å². The van der Waals surface area contributed by atoms with Gasteiger partial charge in [-0.05, 0) is 63.1 Å². The van der Waals surface area contributed by atoms with Crippen LogP contribution >= 0.6 is 0 Å². The summed E-state index contributed by atoms with van der Waals surface area (Å²) >= 11 is 0. The summed E-state index contributed by atoms with van der Waals surface area (Å²) in [5.41, 5.74) is 2.45. The maximum Gasteiger partial charge on any atom is 0.262 e. The van der Waals surface area contributed by atoms with Crippen LogP contribution in [0.15, 0.2) is 48.5 Å². The van der Waals surface area contributed by atoms with Gasteiger partial charge in [-0.2, -0.15) is 0 Å². The van der Waals surface area contributed by atoms with Crippen molar-refractivity contribution in [2.75, 3.05) is 13.1 Å². The van der Waals surface area contributed by atoms with E-state index in [4.69, 9.17) is 0 Å². The van der Waals surface area contributed by atoms with E-state index >= 15 is 0 Å². The molecule has 1 atom stereocenters. The molecule has 192 valence electrons. The van der Waals surface area contributed by atoms with Gasteiger partial charge < -0.3 is 15.3 Å². The second-order valence-electron chi connectivity index (χ2n) is 9.08. The Kier molecular flexibility index (Phi) is 9.28. The molecule has 0 fully saturated rings. The van der Waals surface area contributed by atoms with Gasteiger partial charge in [0.15, 0.2) is 0 Å². The maximum absolute atomic E-state index is 13.4. The number of carbonyl (C=O) groups is 3.